The van der Waals surface area contributed by atoms with E-state index < -0.39 is 0 Å². The van der Waals surface area contributed by atoms with Gasteiger partial charge in [0, 0.05) is 52.9 Å². The maximum atomic E-state index is 6.36. The van der Waals surface area contributed by atoms with Gasteiger partial charge in [0.15, 0.2) is 0 Å². The van der Waals surface area contributed by atoms with Crippen LogP contribution in [-0.2, 0) is 32.3 Å². The number of fused-ring (bicyclic) bond motifs is 2. The highest BCUT2D eigenvalue weighted by atomic mass is 35.5. The number of hydrogen-bond acceptors (Lipinski definition) is 6. The van der Waals surface area contributed by atoms with Gasteiger partial charge in [0.2, 0.25) is 0 Å². The van der Waals surface area contributed by atoms with E-state index in [9.17, 15) is 0 Å². The smallest absolute Gasteiger partial charge is 0.126 e. The van der Waals surface area contributed by atoms with E-state index in [1.807, 2.05) is 54.6 Å². The lowest BCUT2D eigenvalue weighted by atomic mass is 10.0. The number of nitrogens with zero attached hydrogens (tertiary/aromatic N) is 2. The van der Waals surface area contributed by atoms with E-state index in [1.54, 1.807) is 18.8 Å². The van der Waals surface area contributed by atoms with Crippen molar-refractivity contribution in [2.45, 2.75) is 32.3 Å². The maximum absolute atomic E-state index is 6.36. The first-order valence-corrected chi connectivity index (χ1v) is 15.2. The summed E-state index contributed by atoms with van der Waals surface area (Å²) in [6.45, 7) is 5.19. The van der Waals surface area contributed by atoms with Crippen LogP contribution in [0, 0.1) is 0 Å². The second kappa shape index (κ2) is 14.8. The van der Waals surface area contributed by atoms with E-state index in [-0.39, 0.29) is 0 Å². The molecule has 2 aliphatic rings. The molecule has 6 rings (SSSR count). The summed E-state index contributed by atoms with van der Waals surface area (Å²) in [7, 11) is 4.29. The van der Waals surface area contributed by atoms with E-state index in [2.05, 4.69) is 23.9 Å². The normalized spacial score (nSPS) is 15.7. The molecule has 222 valence electrons. The molecule has 0 saturated carbocycles. The average Bonchev–Trinajstić information content (AvgIpc) is 3.63. The molecule has 0 unspecified atom stereocenters. The highest BCUT2D eigenvalue weighted by Crippen LogP contribution is 2.33. The Kier molecular flexibility index (Phi) is 10.7. The molecule has 0 radical (unpaired) electrons. The molecule has 4 aromatic rings. The fourth-order valence-electron chi connectivity index (χ4n) is 5.30. The molecule has 0 atom stereocenters. The molecule has 2 aromatic carbocycles. The van der Waals surface area contributed by atoms with Crippen LogP contribution >= 0.6 is 23.2 Å². The van der Waals surface area contributed by atoms with E-state index in [0.717, 1.165) is 84.7 Å². The van der Waals surface area contributed by atoms with Crippen molar-refractivity contribution in [1.82, 2.24) is 9.80 Å². The van der Waals surface area contributed by atoms with Crippen LogP contribution in [-0.4, -0.2) is 56.7 Å². The fourth-order valence-corrected chi connectivity index (χ4v) is 5.85. The molecule has 8 heteroatoms. The van der Waals surface area contributed by atoms with Gasteiger partial charge < -0.3 is 28.1 Å². The van der Waals surface area contributed by atoms with E-state index >= 15 is 0 Å². The number of likely N-dealkylation sites (N-methyl/N-ethyl adjacent to an activating group) is 2. The number of benzene rings is 2. The molecule has 0 bridgehead atoms. The second-order valence-electron chi connectivity index (χ2n) is 10.8. The van der Waals surface area contributed by atoms with Crippen LogP contribution in [0.25, 0.3) is 6.08 Å². The predicted octanol–water partition coefficient (Wildman–Crippen LogP) is 7.60. The number of furan rings is 2. The molecule has 2 aromatic heterocycles. The lowest BCUT2D eigenvalue weighted by molar-refractivity contribution is 0.299. The first-order chi connectivity index (χ1) is 20.5. The third kappa shape index (κ3) is 8.01. The van der Waals surface area contributed by atoms with Gasteiger partial charge in [0.25, 0.3) is 0 Å². The first kappa shape index (κ1) is 30.3. The number of halogens is 2. The van der Waals surface area contributed by atoms with Gasteiger partial charge >= 0.3 is 0 Å². The number of rotatable bonds is 7. The largest absolute Gasteiger partial charge is 0.489 e. The second-order valence-corrected chi connectivity index (χ2v) is 11.6. The minimum absolute atomic E-state index is 0.518. The van der Waals surface area contributed by atoms with Gasteiger partial charge in [0.05, 0.1) is 18.8 Å². The van der Waals surface area contributed by atoms with Gasteiger partial charge in [-0.25, -0.2) is 0 Å². The molecule has 0 spiro atoms. The lowest BCUT2D eigenvalue weighted by Gasteiger charge is -2.14. The highest BCUT2D eigenvalue weighted by molar-refractivity contribution is 6.31. The Morgan fingerprint density at radius 2 is 1.33 bits per heavy atom. The van der Waals surface area contributed by atoms with Crippen molar-refractivity contribution in [3.05, 3.63) is 111 Å². The van der Waals surface area contributed by atoms with Gasteiger partial charge in [-0.2, -0.15) is 0 Å². The molecule has 0 amide bonds. The molecule has 0 fully saturated rings. The van der Waals surface area contributed by atoms with Crippen LogP contribution in [0.2, 0.25) is 10.0 Å². The van der Waals surface area contributed by atoms with Crippen molar-refractivity contribution < 1.29 is 18.3 Å². The zero-order valence-corrected chi connectivity index (χ0v) is 25.8. The quantitative estimate of drug-likeness (QED) is 0.215. The summed E-state index contributed by atoms with van der Waals surface area (Å²) in [6, 6.07) is 13.5. The summed E-state index contributed by atoms with van der Waals surface area (Å²) < 4.78 is 22.2. The van der Waals surface area contributed by atoms with E-state index in [0.29, 0.717) is 13.2 Å². The third-order valence-corrected chi connectivity index (χ3v) is 8.48. The molecule has 4 heterocycles. The Labute approximate surface area is 258 Å². The number of ether oxygens (including phenoxy) is 2. The molecule has 0 saturated heterocycles. The summed E-state index contributed by atoms with van der Waals surface area (Å²) in [5.74, 6) is 2.72. The zero-order valence-electron chi connectivity index (χ0n) is 24.3. The Balaban J connectivity index is 0.000000169. The van der Waals surface area contributed by atoms with Gasteiger partial charge in [-0.1, -0.05) is 23.2 Å². The molecule has 42 heavy (non-hydrogen) atoms. The minimum atomic E-state index is 0.518. The average molecular weight is 610 g/mol. The minimum Gasteiger partial charge on any atom is -0.489 e. The maximum Gasteiger partial charge on any atom is 0.126 e. The first-order valence-electron chi connectivity index (χ1n) is 14.4. The van der Waals surface area contributed by atoms with Crippen molar-refractivity contribution in [2.75, 3.05) is 46.9 Å². The van der Waals surface area contributed by atoms with Crippen LogP contribution < -0.4 is 9.47 Å². The topological polar surface area (TPSA) is 51.2 Å². The summed E-state index contributed by atoms with van der Waals surface area (Å²) in [4.78, 5) is 4.66. The Hall–Kier alpha value is -3.16. The molecule has 6 nitrogen and oxygen atoms in total. The Morgan fingerprint density at radius 3 is 1.88 bits per heavy atom. The van der Waals surface area contributed by atoms with Gasteiger partial charge in [0.1, 0.15) is 30.5 Å². The predicted molar refractivity (Wildman–Crippen MR) is 169 cm³/mol. The van der Waals surface area contributed by atoms with Crippen LogP contribution in [0.4, 0.5) is 0 Å². The van der Waals surface area contributed by atoms with Crippen LogP contribution in [0.1, 0.15) is 33.6 Å². The van der Waals surface area contributed by atoms with Gasteiger partial charge in [-0.3, -0.25) is 0 Å². The molecule has 0 N–H and O–H groups in total. The third-order valence-electron chi connectivity index (χ3n) is 7.77. The van der Waals surface area contributed by atoms with Crippen molar-refractivity contribution in [3.63, 3.8) is 0 Å². The molecular weight excluding hydrogens is 571 g/mol. The Bertz CT molecular complexity index is 1450. The molecular formula is C34H38Cl2N2O4. The highest BCUT2D eigenvalue weighted by Gasteiger charge is 2.19. The zero-order chi connectivity index (χ0) is 29.3. The summed E-state index contributed by atoms with van der Waals surface area (Å²) >= 11 is 12.7. The fraction of sp³-hybridized carbons (Fsp3) is 0.353. The van der Waals surface area contributed by atoms with Crippen LogP contribution in [0.15, 0.2) is 76.2 Å². The van der Waals surface area contributed by atoms with E-state index in [1.165, 1.54) is 22.3 Å². The summed E-state index contributed by atoms with van der Waals surface area (Å²) in [6.07, 6.45) is 12.8. The summed E-state index contributed by atoms with van der Waals surface area (Å²) in [5.41, 5.74) is 6.02. The monoisotopic (exact) mass is 608 g/mol. The van der Waals surface area contributed by atoms with Crippen molar-refractivity contribution >= 4 is 29.3 Å². The number of hydrogen-bond donors (Lipinski definition) is 0. The Morgan fingerprint density at radius 1 is 0.738 bits per heavy atom. The SMILES string of the molecule is CN1CCc2c(Cl)ccc(OCC=Cc3ccco3)c2CC1.CN1CCc2c(Cl)ccc(OCc3ccoc3)c2CC1. The summed E-state index contributed by atoms with van der Waals surface area (Å²) in [5, 5.41) is 1.70. The van der Waals surface area contributed by atoms with Crippen molar-refractivity contribution in [3.8, 4) is 11.5 Å². The van der Waals surface area contributed by atoms with Crippen LogP contribution in [0.3, 0.4) is 0 Å². The van der Waals surface area contributed by atoms with Crippen LogP contribution in [0.5, 0.6) is 11.5 Å². The molecule has 0 aliphatic carbocycles. The van der Waals surface area contributed by atoms with Gasteiger partial charge in [-0.15, -0.1) is 0 Å². The molecule has 2 aliphatic heterocycles. The van der Waals surface area contributed by atoms with Gasteiger partial charge in [-0.05, 0) is 106 Å². The lowest BCUT2D eigenvalue weighted by Crippen LogP contribution is -2.20. The van der Waals surface area contributed by atoms with Crippen molar-refractivity contribution in [2.24, 2.45) is 0 Å². The van der Waals surface area contributed by atoms with Crippen molar-refractivity contribution in [1.29, 1.82) is 0 Å². The van der Waals surface area contributed by atoms with E-state index in [4.69, 9.17) is 41.5 Å². The standard InChI is InChI=1S/C18H20ClNO2.C16H18ClNO2/c1-20-10-8-15-16(9-11-20)18(7-6-17(15)19)22-13-3-5-14-4-2-12-21-14;1-18-7-4-13-14(5-8-18)16(3-2-15(13)17)20-11-12-6-9-19-10-12/h2-7,12H,8-11,13H2,1H3;2-3,6,9-10H,4-5,7-8,11H2,1H3.